The second kappa shape index (κ2) is 4.37. The molecule has 1 aliphatic rings. The van der Waals surface area contributed by atoms with E-state index >= 15 is 0 Å². The molecule has 2 heterocycles. The lowest BCUT2D eigenvalue weighted by atomic mass is 10.1. The van der Waals surface area contributed by atoms with Crippen LogP contribution in [0.4, 0.5) is 0 Å². The van der Waals surface area contributed by atoms with Gasteiger partial charge in [-0.1, -0.05) is 12.1 Å². The summed E-state index contributed by atoms with van der Waals surface area (Å²) in [6.45, 7) is 4.91. The summed E-state index contributed by atoms with van der Waals surface area (Å²) in [4.78, 5) is 18.7. The lowest BCUT2D eigenvalue weighted by Crippen LogP contribution is -2.32. The van der Waals surface area contributed by atoms with Crippen LogP contribution >= 0.6 is 0 Å². The van der Waals surface area contributed by atoms with Gasteiger partial charge < -0.3 is 9.47 Å². The third kappa shape index (κ3) is 1.91. The Bertz CT molecular complexity index is 629. The van der Waals surface area contributed by atoms with Gasteiger partial charge in [0, 0.05) is 32.0 Å². The summed E-state index contributed by atoms with van der Waals surface area (Å²) in [6.07, 6.45) is 0.579. The van der Waals surface area contributed by atoms with E-state index in [1.807, 2.05) is 30.1 Å². The summed E-state index contributed by atoms with van der Waals surface area (Å²) in [7, 11) is 2.03. The first kappa shape index (κ1) is 12.2. The van der Waals surface area contributed by atoms with E-state index < -0.39 is 0 Å². The minimum atomic E-state index is 0.215. The van der Waals surface area contributed by atoms with Crippen LogP contribution in [0.15, 0.2) is 24.3 Å². The molecule has 0 unspecified atom stereocenters. The molecule has 0 N–H and O–H groups in total. The van der Waals surface area contributed by atoms with Gasteiger partial charge in [0.25, 0.3) is 0 Å². The average Bonchev–Trinajstić information content (AvgIpc) is 2.91. The first-order valence-electron chi connectivity index (χ1n) is 6.78. The largest absolute Gasteiger partial charge is 0.340 e. The van der Waals surface area contributed by atoms with Gasteiger partial charge in [0.15, 0.2) is 0 Å². The predicted molar refractivity (Wildman–Crippen MR) is 74.9 cm³/mol. The summed E-state index contributed by atoms with van der Waals surface area (Å²) in [5, 5.41) is 0. The van der Waals surface area contributed by atoms with E-state index in [2.05, 4.69) is 24.5 Å². The number of aryl methyl sites for hydroxylation is 1. The van der Waals surface area contributed by atoms with Gasteiger partial charge in [0.05, 0.1) is 11.0 Å². The highest BCUT2D eigenvalue weighted by atomic mass is 16.2. The molecule has 4 nitrogen and oxygen atoms in total. The van der Waals surface area contributed by atoms with E-state index in [4.69, 9.17) is 4.98 Å². The third-order valence-electron chi connectivity index (χ3n) is 3.97. The quantitative estimate of drug-likeness (QED) is 0.828. The van der Waals surface area contributed by atoms with Gasteiger partial charge >= 0.3 is 0 Å². The number of benzene rings is 1. The van der Waals surface area contributed by atoms with Crippen LogP contribution in [0.2, 0.25) is 0 Å². The van der Waals surface area contributed by atoms with Crippen molar-refractivity contribution in [2.24, 2.45) is 7.05 Å². The molecule has 2 aromatic rings. The maximum atomic E-state index is 12.0. The number of para-hydroxylation sites is 2. The first-order valence-corrected chi connectivity index (χ1v) is 6.78. The number of amides is 1. The highest BCUT2D eigenvalue weighted by molar-refractivity contribution is 5.81. The molecule has 3 rings (SSSR count). The van der Waals surface area contributed by atoms with Crippen LogP contribution < -0.4 is 0 Å². The standard InChI is InChI=1S/C15H19N3O/c1-10(2)18-9-11(8-14(18)19)15-16-12-6-4-5-7-13(12)17(15)3/h4-7,10-11H,8-9H2,1-3H3/t11-/m0/s1. The van der Waals surface area contributed by atoms with Gasteiger partial charge in [-0.25, -0.2) is 4.98 Å². The van der Waals surface area contributed by atoms with Gasteiger partial charge in [0.1, 0.15) is 5.82 Å². The number of fused-ring (bicyclic) bond motifs is 1. The normalized spacial score (nSPS) is 19.9. The van der Waals surface area contributed by atoms with Crippen LogP contribution in [0.1, 0.15) is 32.0 Å². The Hall–Kier alpha value is -1.84. The zero-order chi connectivity index (χ0) is 13.6. The fraction of sp³-hybridized carbons (Fsp3) is 0.467. The summed E-state index contributed by atoms with van der Waals surface area (Å²) in [5.74, 6) is 1.48. The van der Waals surface area contributed by atoms with Crippen molar-refractivity contribution in [1.82, 2.24) is 14.5 Å². The van der Waals surface area contributed by atoms with Gasteiger partial charge in [0.2, 0.25) is 5.91 Å². The second-order valence-electron chi connectivity index (χ2n) is 5.56. The monoisotopic (exact) mass is 257 g/mol. The Labute approximate surface area is 113 Å². The van der Waals surface area contributed by atoms with E-state index in [1.165, 1.54) is 0 Å². The molecule has 0 saturated carbocycles. The van der Waals surface area contributed by atoms with Gasteiger partial charge in [-0.05, 0) is 26.0 Å². The fourth-order valence-corrected chi connectivity index (χ4v) is 2.93. The van der Waals surface area contributed by atoms with E-state index in [1.54, 1.807) is 0 Å². The fourth-order valence-electron chi connectivity index (χ4n) is 2.93. The van der Waals surface area contributed by atoms with Crippen molar-refractivity contribution < 1.29 is 4.79 Å². The molecule has 1 saturated heterocycles. The maximum absolute atomic E-state index is 12.0. The number of nitrogens with zero attached hydrogens (tertiary/aromatic N) is 3. The molecule has 100 valence electrons. The Morgan fingerprint density at radius 1 is 1.32 bits per heavy atom. The van der Waals surface area contributed by atoms with Crippen LogP contribution in [-0.2, 0) is 11.8 Å². The summed E-state index contributed by atoms with van der Waals surface area (Å²) >= 11 is 0. The lowest BCUT2D eigenvalue weighted by Gasteiger charge is -2.20. The van der Waals surface area contributed by atoms with E-state index in [0.29, 0.717) is 6.42 Å². The number of hydrogen-bond donors (Lipinski definition) is 0. The van der Waals surface area contributed by atoms with Gasteiger partial charge in [-0.3, -0.25) is 4.79 Å². The molecule has 19 heavy (non-hydrogen) atoms. The van der Waals surface area contributed by atoms with Gasteiger partial charge in [-0.2, -0.15) is 0 Å². The molecule has 4 heteroatoms. The Morgan fingerprint density at radius 3 is 2.68 bits per heavy atom. The van der Waals surface area contributed by atoms with Crippen molar-refractivity contribution in [1.29, 1.82) is 0 Å². The highest BCUT2D eigenvalue weighted by Gasteiger charge is 2.34. The van der Waals surface area contributed by atoms with E-state index in [9.17, 15) is 4.79 Å². The van der Waals surface area contributed by atoms with Crippen molar-refractivity contribution in [2.45, 2.75) is 32.2 Å². The van der Waals surface area contributed by atoms with Gasteiger partial charge in [-0.15, -0.1) is 0 Å². The van der Waals surface area contributed by atoms with Crippen LogP contribution in [0, 0.1) is 0 Å². The summed E-state index contributed by atoms with van der Waals surface area (Å²) in [5.41, 5.74) is 2.14. The van der Waals surface area contributed by atoms with E-state index in [-0.39, 0.29) is 17.9 Å². The van der Waals surface area contributed by atoms with Crippen LogP contribution in [0.5, 0.6) is 0 Å². The van der Waals surface area contributed by atoms with Crippen molar-refractivity contribution in [3.05, 3.63) is 30.1 Å². The molecular formula is C15H19N3O. The van der Waals surface area contributed by atoms with Crippen molar-refractivity contribution in [3.8, 4) is 0 Å². The van der Waals surface area contributed by atoms with Crippen molar-refractivity contribution in [2.75, 3.05) is 6.54 Å². The average molecular weight is 257 g/mol. The lowest BCUT2D eigenvalue weighted by molar-refractivity contribution is -0.129. The molecule has 0 radical (unpaired) electrons. The van der Waals surface area contributed by atoms with Crippen LogP contribution in [0.3, 0.4) is 0 Å². The van der Waals surface area contributed by atoms with Crippen LogP contribution in [-0.4, -0.2) is 32.9 Å². The minimum Gasteiger partial charge on any atom is -0.340 e. The maximum Gasteiger partial charge on any atom is 0.223 e. The molecule has 1 atom stereocenters. The number of aromatic nitrogens is 2. The number of imidazole rings is 1. The topological polar surface area (TPSA) is 38.1 Å². The number of carbonyl (C=O) groups is 1. The Kier molecular flexibility index (Phi) is 2.81. The van der Waals surface area contributed by atoms with Crippen molar-refractivity contribution >= 4 is 16.9 Å². The predicted octanol–water partition coefficient (Wildman–Crippen LogP) is 2.30. The molecule has 0 aliphatic carbocycles. The molecule has 1 aromatic carbocycles. The molecule has 0 spiro atoms. The molecule has 1 fully saturated rings. The van der Waals surface area contributed by atoms with Crippen molar-refractivity contribution in [3.63, 3.8) is 0 Å². The number of rotatable bonds is 2. The van der Waals surface area contributed by atoms with E-state index in [0.717, 1.165) is 23.4 Å². The minimum absolute atomic E-state index is 0.215. The molecule has 1 aromatic heterocycles. The molecule has 0 bridgehead atoms. The second-order valence-corrected chi connectivity index (χ2v) is 5.56. The number of hydrogen-bond acceptors (Lipinski definition) is 2. The third-order valence-corrected chi connectivity index (χ3v) is 3.97. The van der Waals surface area contributed by atoms with Crippen LogP contribution in [0.25, 0.3) is 11.0 Å². The number of carbonyl (C=O) groups excluding carboxylic acids is 1. The molecule has 1 aliphatic heterocycles. The molecule has 1 amide bonds. The zero-order valence-corrected chi connectivity index (χ0v) is 11.6. The zero-order valence-electron chi connectivity index (χ0n) is 11.6. The smallest absolute Gasteiger partial charge is 0.223 e. The summed E-state index contributed by atoms with van der Waals surface area (Å²) in [6, 6.07) is 8.39. The number of likely N-dealkylation sites (tertiary alicyclic amines) is 1. The first-order chi connectivity index (χ1) is 9.08. The Balaban J connectivity index is 1.98. The Morgan fingerprint density at radius 2 is 2.05 bits per heavy atom. The SMILES string of the molecule is CC(C)N1C[C@@H](c2nc3ccccc3n2C)CC1=O. The summed E-state index contributed by atoms with van der Waals surface area (Å²) < 4.78 is 2.12. The molecular weight excluding hydrogens is 238 g/mol. The highest BCUT2D eigenvalue weighted by Crippen LogP contribution is 2.30.